The van der Waals surface area contributed by atoms with Crippen molar-refractivity contribution in [2.75, 3.05) is 0 Å². The van der Waals surface area contributed by atoms with Crippen LogP contribution in [0.4, 0.5) is 0 Å². The van der Waals surface area contributed by atoms with Gasteiger partial charge in [0.25, 0.3) is 5.56 Å². The summed E-state index contributed by atoms with van der Waals surface area (Å²) >= 11 is 0. The van der Waals surface area contributed by atoms with Gasteiger partial charge in [-0.15, -0.1) is 0 Å². The Morgan fingerprint density at radius 1 is 1.32 bits per heavy atom. The molecule has 0 atom stereocenters. The largest absolute Gasteiger partial charge is 0.427 e. The number of aromatic nitrogens is 2. The van der Waals surface area contributed by atoms with E-state index in [0.29, 0.717) is 36.1 Å². The molecule has 0 unspecified atom stereocenters. The Bertz CT molecular complexity index is 864. The van der Waals surface area contributed by atoms with Gasteiger partial charge in [-0.05, 0) is 24.6 Å². The molecule has 0 amide bonds. The van der Waals surface area contributed by atoms with Gasteiger partial charge in [-0.3, -0.25) is 14.2 Å². The van der Waals surface area contributed by atoms with Crippen LogP contribution < -0.4 is 5.56 Å². The number of pyridine rings is 2. The van der Waals surface area contributed by atoms with E-state index >= 15 is 0 Å². The smallest absolute Gasteiger partial charge is 0.348 e. The van der Waals surface area contributed by atoms with Crippen molar-refractivity contribution < 1.29 is 14.3 Å². The van der Waals surface area contributed by atoms with E-state index < -0.39 is 11.5 Å². The van der Waals surface area contributed by atoms with E-state index in [9.17, 15) is 14.4 Å². The minimum atomic E-state index is -0.743. The highest BCUT2D eigenvalue weighted by Crippen LogP contribution is 2.18. The van der Waals surface area contributed by atoms with Gasteiger partial charge in [-0.1, -0.05) is 0 Å². The fourth-order valence-electron chi connectivity index (χ4n) is 2.46. The SMILES string of the molecule is Cn1c(=O)c(C(=O)OC2=CC(=O)CCC2)cc2cccnc21. The highest BCUT2D eigenvalue weighted by Gasteiger charge is 2.19. The van der Waals surface area contributed by atoms with Crippen molar-refractivity contribution in [2.45, 2.75) is 19.3 Å². The van der Waals surface area contributed by atoms with Gasteiger partial charge in [0.2, 0.25) is 0 Å². The van der Waals surface area contributed by atoms with Crippen molar-refractivity contribution in [3.63, 3.8) is 0 Å². The summed E-state index contributed by atoms with van der Waals surface area (Å²) in [6.45, 7) is 0. The van der Waals surface area contributed by atoms with Gasteiger partial charge in [0.15, 0.2) is 5.78 Å². The minimum Gasteiger partial charge on any atom is -0.427 e. The maximum absolute atomic E-state index is 12.3. The van der Waals surface area contributed by atoms with Crippen LogP contribution in [0.5, 0.6) is 0 Å². The van der Waals surface area contributed by atoms with Crippen LogP contribution in [0.1, 0.15) is 29.6 Å². The second-order valence-corrected chi connectivity index (χ2v) is 5.16. The fraction of sp³-hybridized carbons (Fsp3) is 0.250. The Hall–Kier alpha value is -2.76. The first-order chi connectivity index (χ1) is 10.6. The van der Waals surface area contributed by atoms with E-state index in [1.165, 1.54) is 16.7 Å². The number of allylic oxidation sites excluding steroid dienone is 2. The van der Waals surface area contributed by atoms with E-state index in [2.05, 4.69) is 4.98 Å². The maximum Gasteiger partial charge on any atom is 0.348 e. The number of hydrogen-bond donors (Lipinski definition) is 0. The summed E-state index contributed by atoms with van der Waals surface area (Å²) < 4.78 is 6.51. The number of esters is 1. The minimum absolute atomic E-state index is 0.0651. The molecule has 112 valence electrons. The predicted octanol–water partition coefficient (Wildman–Crippen LogP) is 1.73. The number of aryl methyl sites for hydroxylation is 1. The van der Waals surface area contributed by atoms with Crippen LogP contribution in [-0.2, 0) is 16.6 Å². The zero-order valence-corrected chi connectivity index (χ0v) is 12.0. The van der Waals surface area contributed by atoms with Crippen LogP contribution in [-0.4, -0.2) is 21.3 Å². The summed E-state index contributed by atoms with van der Waals surface area (Å²) in [7, 11) is 1.55. The van der Waals surface area contributed by atoms with Crippen molar-refractivity contribution in [1.29, 1.82) is 0 Å². The van der Waals surface area contributed by atoms with Gasteiger partial charge in [0, 0.05) is 37.5 Å². The molecule has 0 aliphatic heterocycles. The topological polar surface area (TPSA) is 78.3 Å². The molecule has 22 heavy (non-hydrogen) atoms. The standard InChI is InChI=1S/C16H14N2O4/c1-18-14-10(4-3-7-17-14)8-13(15(18)20)16(21)22-12-6-2-5-11(19)9-12/h3-4,7-9H,2,5-6H2,1H3. The number of rotatable bonds is 2. The summed E-state index contributed by atoms with van der Waals surface area (Å²) in [5.41, 5.74) is -0.0445. The van der Waals surface area contributed by atoms with E-state index in [0.717, 1.165) is 0 Å². The second-order valence-electron chi connectivity index (χ2n) is 5.16. The lowest BCUT2D eigenvalue weighted by atomic mass is 10.1. The molecular formula is C16H14N2O4. The third kappa shape index (κ3) is 2.55. The number of carbonyl (C=O) groups excluding carboxylic acids is 2. The quantitative estimate of drug-likeness (QED) is 0.789. The molecule has 2 aromatic rings. The summed E-state index contributed by atoms with van der Waals surface area (Å²) in [5.74, 6) is -0.494. The van der Waals surface area contributed by atoms with Crippen LogP contribution in [0.2, 0.25) is 0 Å². The molecule has 0 saturated carbocycles. The number of ketones is 1. The molecule has 6 heteroatoms. The molecule has 0 aromatic carbocycles. The Balaban J connectivity index is 1.99. The van der Waals surface area contributed by atoms with Gasteiger partial charge in [0.05, 0.1) is 0 Å². The molecule has 3 rings (SSSR count). The molecule has 0 fully saturated rings. The van der Waals surface area contributed by atoms with Crippen molar-refractivity contribution >= 4 is 22.8 Å². The van der Waals surface area contributed by atoms with Crippen LogP contribution >= 0.6 is 0 Å². The molecule has 0 bridgehead atoms. The lowest BCUT2D eigenvalue weighted by Gasteiger charge is -2.12. The highest BCUT2D eigenvalue weighted by atomic mass is 16.5. The summed E-state index contributed by atoms with van der Waals surface area (Å²) in [6, 6.07) is 4.96. The molecule has 2 aromatic heterocycles. The predicted molar refractivity (Wildman–Crippen MR) is 79.3 cm³/mol. The van der Waals surface area contributed by atoms with Crippen LogP contribution in [0.3, 0.4) is 0 Å². The van der Waals surface area contributed by atoms with E-state index in [4.69, 9.17) is 4.74 Å². The molecule has 0 radical (unpaired) electrons. The lowest BCUT2D eigenvalue weighted by molar-refractivity contribution is -0.115. The van der Waals surface area contributed by atoms with Crippen LogP contribution in [0, 0.1) is 0 Å². The number of fused-ring (bicyclic) bond motifs is 1. The van der Waals surface area contributed by atoms with Gasteiger partial charge >= 0.3 is 5.97 Å². The first kappa shape index (κ1) is 14.2. The third-order valence-electron chi connectivity index (χ3n) is 3.58. The highest BCUT2D eigenvalue weighted by molar-refractivity contribution is 5.95. The number of nitrogens with zero attached hydrogens (tertiary/aromatic N) is 2. The lowest BCUT2D eigenvalue weighted by Crippen LogP contribution is -2.26. The maximum atomic E-state index is 12.3. The zero-order valence-electron chi connectivity index (χ0n) is 12.0. The molecule has 0 N–H and O–H groups in total. The number of carbonyl (C=O) groups is 2. The first-order valence-electron chi connectivity index (χ1n) is 6.96. The van der Waals surface area contributed by atoms with Crippen molar-refractivity contribution in [2.24, 2.45) is 7.05 Å². The molecule has 1 aliphatic rings. The van der Waals surface area contributed by atoms with Gasteiger partial charge in [-0.2, -0.15) is 0 Å². The summed E-state index contributed by atoms with van der Waals surface area (Å²) in [4.78, 5) is 40.0. The number of ether oxygens (including phenoxy) is 1. The molecule has 0 spiro atoms. The average Bonchev–Trinajstić information content (AvgIpc) is 2.51. The van der Waals surface area contributed by atoms with E-state index in [-0.39, 0.29) is 11.3 Å². The first-order valence-corrected chi connectivity index (χ1v) is 6.96. The van der Waals surface area contributed by atoms with Gasteiger partial charge in [-0.25, -0.2) is 9.78 Å². The summed E-state index contributed by atoms with van der Waals surface area (Å²) in [5, 5.41) is 0.672. The Labute approximate surface area is 126 Å². The van der Waals surface area contributed by atoms with Gasteiger partial charge in [0.1, 0.15) is 17.0 Å². The van der Waals surface area contributed by atoms with E-state index in [1.54, 1.807) is 25.4 Å². The van der Waals surface area contributed by atoms with Crippen molar-refractivity contribution in [1.82, 2.24) is 9.55 Å². The van der Waals surface area contributed by atoms with E-state index in [1.807, 2.05) is 0 Å². The van der Waals surface area contributed by atoms with Crippen LogP contribution in [0.25, 0.3) is 11.0 Å². The molecule has 0 saturated heterocycles. The summed E-state index contributed by atoms with van der Waals surface area (Å²) in [6.07, 6.45) is 4.54. The Morgan fingerprint density at radius 2 is 2.14 bits per heavy atom. The van der Waals surface area contributed by atoms with Crippen molar-refractivity contribution in [3.05, 3.63) is 52.1 Å². The molecule has 1 aliphatic carbocycles. The normalized spacial score (nSPS) is 14.8. The number of hydrogen-bond acceptors (Lipinski definition) is 5. The van der Waals surface area contributed by atoms with Crippen LogP contribution in [0.15, 0.2) is 41.0 Å². The molecular weight excluding hydrogens is 284 g/mol. The Kier molecular flexibility index (Phi) is 3.58. The Morgan fingerprint density at radius 3 is 2.91 bits per heavy atom. The second kappa shape index (κ2) is 5.55. The fourth-order valence-corrected chi connectivity index (χ4v) is 2.46. The molecule has 2 heterocycles. The monoisotopic (exact) mass is 298 g/mol. The molecule has 6 nitrogen and oxygen atoms in total. The third-order valence-corrected chi connectivity index (χ3v) is 3.58. The van der Waals surface area contributed by atoms with Gasteiger partial charge < -0.3 is 4.74 Å². The average molecular weight is 298 g/mol. The zero-order chi connectivity index (χ0) is 15.7. The van der Waals surface area contributed by atoms with Crippen molar-refractivity contribution in [3.8, 4) is 0 Å².